The van der Waals surface area contributed by atoms with Crippen LogP contribution in [0.3, 0.4) is 0 Å². The van der Waals surface area contributed by atoms with Gasteiger partial charge in [-0.05, 0) is 26.0 Å². The van der Waals surface area contributed by atoms with Crippen LogP contribution < -0.4 is 0 Å². The Morgan fingerprint density at radius 3 is 2.79 bits per heavy atom. The first kappa shape index (κ1) is 8.99. The SMILES string of the molecule is CC(C)(F)c1[nH]nc2cc(O)ccc12. The number of aromatic hydroxyl groups is 1. The van der Waals surface area contributed by atoms with Crippen LogP contribution in [0.4, 0.5) is 4.39 Å². The first-order chi connectivity index (χ1) is 6.48. The summed E-state index contributed by atoms with van der Waals surface area (Å²) in [6.07, 6.45) is 0. The molecule has 0 aliphatic carbocycles. The Morgan fingerprint density at radius 2 is 2.14 bits per heavy atom. The number of aromatic nitrogens is 2. The highest BCUT2D eigenvalue weighted by atomic mass is 19.1. The molecule has 0 bridgehead atoms. The molecule has 3 nitrogen and oxygen atoms in total. The van der Waals surface area contributed by atoms with Crippen molar-refractivity contribution in [3.05, 3.63) is 23.9 Å². The Morgan fingerprint density at radius 1 is 1.43 bits per heavy atom. The summed E-state index contributed by atoms with van der Waals surface area (Å²) in [4.78, 5) is 0. The molecule has 4 heteroatoms. The van der Waals surface area contributed by atoms with Crippen LogP contribution in [-0.4, -0.2) is 15.3 Å². The summed E-state index contributed by atoms with van der Waals surface area (Å²) >= 11 is 0. The number of rotatable bonds is 1. The average Bonchev–Trinajstić information content (AvgIpc) is 2.45. The average molecular weight is 194 g/mol. The molecule has 2 aromatic rings. The number of halogens is 1. The largest absolute Gasteiger partial charge is 0.508 e. The van der Waals surface area contributed by atoms with Crippen molar-refractivity contribution in [1.29, 1.82) is 0 Å². The van der Waals surface area contributed by atoms with Crippen molar-refractivity contribution in [1.82, 2.24) is 10.2 Å². The summed E-state index contributed by atoms with van der Waals surface area (Å²) in [5, 5.41) is 16.5. The molecule has 0 amide bonds. The second-order valence-electron chi connectivity index (χ2n) is 3.77. The third-order valence-electron chi connectivity index (χ3n) is 2.13. The Hall–Kier alpha value is -1.58. The van der Waals surface area contributed by atoms with Gasteiger partial charge in [0.1, 0.15) is 11.4 Å². The van der Waals surface area contributed by atoms with Crippen LogP contribution in [0.5, 0.6) is 5.75 Å². The fraction of sp³-hybridized carbons (Fsp3) is 0.300. The summed E-state index contributed by atoms with van der Waals surface area (Å²) in [6.45, 7) is 2.93. The van der Waals surface area contributed by atoms with Gasteiger partial charge in [0, 0.05) is 11.5 Å². The van der Waals surface area contributed by atoms with Crippen LogP contribution in [0.2, 0.25) is 0 Å². The number of alkyl halides is 1. The lowest BCUT2D eigenvalue weighted by molar-refractivity contribution is 0.216. The van der Waals surface area contributed by atoms with Crippen molar-refractivity contribution in [2.75, 3.05) is 0 Å². The van der Waals surface area contributed by atoms with Gasteiger partial charge in [-0.25, -0.2) is 4.39 Å². The summed E-state index contributed by atoms with van der Waals surface area (Å²) in [7, 11) is 0. The van der Waals surface area contributed by atoms with E-state index in [0.29, 0.717) is 16.6 Å². The molecule has 0 aliphatic heterocycles. The van der Waals surface area contributed by atoms with Crippen molar-refractivity contribution >= 4 is 10.9 Å². The van der Waals surface area contributed by atoms with Crippen molar-refractivity contribution in [2.24, 2.45) is 0 Å². The molecule has 0 atom stereocenters. The highest BCUT2D eigenvalue weighted by Crippen LogP contribution is 2.30. The third kappa shape index (κ3) is 1.32. The van der Waals surface area contributed by atoms with E-state index in [1.54, 1.807) is 6.07 Å². The normalized spacial score (nSPS) is 12.2. The molecule has 1 aromatic carbocycles. The molecular formula is C10H11FN2O. The van der Waals surface area contributed by atoms with Crippen LogP contribution in [0.15, 0.2) is 18.2 Å². The molecular weight excluding hydrogens is 183 g/mol. The fourth-order valence-electron chi connectivity index (χ4n) is 1.45. The molecule has 14 heavy (non-hydrogen) atoms. The van der Waals surface area contributed by atoms with E-state index < -0.39 is 5.67 Å². The summed E-state index contributed by atoms with van der Waals surface area (Å²) in [6, 6.07) is 4.68. The number of phenols is 1. The number of nitrogens with zero attached hydrogens (tertiary/aromatic N) is 1. The van der Waals surface area contributed by atoms with Crippen LogP contribution in [-0.2, 0) is 5.67 Å². The van der Waals surface area contributed by atoms with E-state index in [1.165, 1.54) is 26.0 Å². The molecule has 0 unspecified atom stereocenters. The fourth-order valence-corrected chi connectivity index (χ4v) is 1.45. The number of hydrogen-bond acceptors (Lipinski definition) is 2. The Labute approximate surface area is 80.6 Å². The van der Waals surface area contributed by atoms with E-state index in [1.807, 2.05) is 0 Å². The van der Waals surface area contributed by atoms with E-state index in [4.69, 9.17) is 0 Å². The molecule has 1 aromatic heterocycles. The maximum atomic E-state index is 13.7. The second kappa shape index (κ2) is 2.70. The number of phenolic OH excluding ortho intramolecular Hbond substituents is 1. The van der Waals surface area contributed by atoms with Gasteiger partial charge in [-0.2, -0.15) is 5.10 Å². The maximum absolute atomic E-state index is 13.7. The molecule has 74 valence electrons. The van der Waals surface area contributed by atoms with Gasteiger partial charge in [0.25, 0.3) is 0 Å². The minimum Gasteiger partial charge on any atom is -0.508 e. The Balaban J connectivity index is 2.70. The van der Waals surface area contributed by atoms with Crippen LogP contribution in [0.1, 0.15) is 19.5 Å². The van der Waals surface area contributed by atoms with E-state index in [2.05, 4.69) is 10.2 Å². The first-order valence-electron chi connectivity index (χ1n) is 4.35. The van der Waals surface area contributed by atoms with Crippen molar-refractivity contribution in [3.8, 4) is 5.75 Å². The lowest BCUT2D eigenvalue weighted by Crippen LogP contribution is -2.09. The van der Waals surface area contributed by atoms with Crippen molar-refractivity contribution in [3.63, 3.8) is 0 Å². The molecule has 0 radical (unpaired) electrons. The molecule has 0 aliphatic rings. The number of hydrogen-bond donors (Lipinski definition) is 2. The maximum Gasteiger partial charge on any atom is 0.147 e. The van der Waals surface area contributed by atoms with Gasteiger partial charge in [-0.3, -0.25) is 5.10 Å². The van der Waals surface area contributed by atoms with Gasteiger partial charge in [0.2, 0.25) is 0 Å². The van der Waals surface area contributed by atoms with Crippen LogP contribution in [0, 0.1) is 0 Å². The number of H-pyrrole nitrogens is 1. The molecule has 2 rings (SSSR count). The molecule has 0 spiro atoms. The first-order valence-corrected chi connectivity index (χ1v) is 4.35. The van der Waals surface area contributed by atoms with Crippen molar-refractivity contribution < 1.29 is 9.50 Å². The Bertz CT molecular complexity index is 470. The van der Waals surface area contributed by atoms with Gasteiger partial charge < -0.3 is 5.11 Å². The van der Waals surface area contributed by atoms with Gasteiger partial charge in [0.05, 0.1) is 11.2 Å². The van der Waals surface area contributed by atoms with Gasteiger partial charge >= 0.3 is 0 Å². The second-order valence-corrected chi connectivity index (χ2v) is 3.77. The van der Waals surface area contributed by atoms with E-state index >= 15 is 0 Å². The summed E-state index contributed by atoms with van der Waals surface area (Å²) in [5.41, 5.74) is -0.440. The minimum atomic E-state index is -1.45. The predicted octanol–water partition coefficient (Wildman–Crippen LogP) is 2.47. The smallest absolute Gasteiger partial charge is 0.147 e. The minimum absolute atomic E-state index is 0.132. The molecule has 0 fully saturated rings. The van der Waals surface area contributed by atoms with Gasteiger partial charge in [0.15, 0.2) is 0 Å². The molecule has 0 saturated heterocycles. The molecule has 2 N–H and O–H groups in total. The summed E-state index contributed by atoms with van der Waals surface area (Å²) in [5.74, 6) is 0.132. The third-order valence-corrected chi connectivity index (χ3v) is 2.13. The zero-order valence-corrected chi connectivity index (χ0v) is 8.00. The van der Waals surface area contributed by atoms with Gasteiger partial charge in [-0.15, -0.1) is 0 Å². The molecule has 1 heterocycles. The van der Waals surface area contributed by atoms with Crippen LogP contribution in [0.25, 0.3) is 10.9 Å². The van der Waals surface area contributed by atoms with E-state index in [0.717, 1.165) is 0 Å². The number of nitrogens with one attached hydrogen (secondary N) is 1. The lowest BCUT2D eigenvalue weighted by atomic mass is 10.0. The quantitative estimate of drug-likeness (QED) is 0.732. The number of benzene rings is 1. The van der Waals surface area contributed by atoms with E-state index in [-0.39, 0.29) is 5.75 Å². The zero-order valence-electron chi connectivity index (χ0n) is 8.00. The topological polar surface area (TPSA) is 48.9 Å². The van der Waals surface area contributed by atoms with E-state index in [9.17, 15) is 9.50 Å². The standard InChI is InChI=1S/C10H11FN2O/c1-10(2,11)9-7-4-3-6(14)5-8(7)12-13-9/h3-5,14H,1-2H3,(H,12,13). The highest BCUT2D eigenvalue weighted by Gasteiger charge is 2.23. The summed E-state index contributed by atoms with van der Waals surface area (Å²) < 4.78 is 13.7. The lowest BCUT2D eigenvalue weighted by Gasteiger charge is -2.11. The zero-order chi connectivity index (χ0) is 10.3. The molecule has 0 saturated carbocycles. The van der Waals surface area contributed by atoms with Gasteiger partial charge in [-0.1, -0.05) is 0 Å². The number of aromatic amines is 1. The predicted molar refractivity (Wildman–Crippen MR) is 51.9 cm³/mol. The number of fused-ring (bicyclic) bond motifs is 1. The highest BCUT2D eigenvalue weighted by molar-refractivity contribution is 5.83. The van der Waals surface area contributed by atoms with Crippen LogP contribution >= 0.6 is 0 Å². The van der Waals surface area contributed by atoms with Crippen molar-refractivity contribution in [2.45, 2.75) is 19.5 Å². The Kier molecular flexibility index (Phi) is 1.74. The monoisotopic (exact) mass is 194 g/mol.